The fourth-order valence-electron chi connectivity index (χ4n) is 13.9. The van der Waals surface area contributed by atoms with E-state index in [1.807, 2.05) is 63.2 Å². The van der Waals surface area contributed by atoms with Crippen LogP contribution in [-0.2, 0) is 31.6 Å². The summed E-state index contributed by atoms with van der Waals surface area (Å²) in [5.74, 6) is -0.670. The first-order valence-corrected chi connectivity index (χ1v) is 26.0. The number of aromatic amines is 1. The summed E-state index contributed by atoms with van der Waals surface area (Å²) in [4.78, 5) is 51.3. The third kappa shape index (κ3) is 6.06. The van der Waals surface area contributed by atoms with Gasteiger partial charge in [0.1, 0.15) is 17.3 Å². The fourth-order valence-corrected chi connectivity index (χ4v) is 14.9. The van der Waals surface area contributed by atoms with E-state index in [-0.39, 0.29) is 18.5 Å². The molecule has 3 aromatic rings. The van der Waals surface area contributed by atoms with Crippen molar-refractivity contribution < 1.29 is 39.2 Å². The van der Waals surface area contributed by atoms with Gasteiger partial charge in [-0.3, -0.25) is 19.4 Å². The van der Waals surface area contributed by atoms with E-state index >= 15 is 4.79 Å². The number of methoxy groups -OCH3 is 2. The number of nitrogens with one attached hydrogen (secondary N) is 2. The highest BCUT2D eigenvalue weighted by atomic mass is 28.4. The molecule has 336 valence electrons. The SMILES string of the molecule is CC[C@@]1(O)C[C@@H]2CN(CCc3c([nH]c4ccccc34)[C@](C(=O)OC)(c3cc4c(cc3OC)N(C)[C@@H]3[C@](O)(C(=O)NCCC[Si](C)(C)O)[C@@H](O)[C@@]5(CC)C=CCN6CC[C@@]43C65)C2)C1. The van der Waals surface area contributed by atoms with Crippen molar-refractivity contribution in [1.82, 2.24) is 20.1 Å². The topological polar surface area (TPSA) is 171 Å². The largest absolute Gasteiger partial charge is 0.496 e. The van der Waals surface area contributed by atoms with Gasteiger partial charge in [-0.25, -0.2) is 0 Å². The van der Waals surface area contributed by atoms with E-state index in [0.717, 1.165) is 33.4 Å². The molecule has 1 aliphatic carbocycles. The number of anilines is 1. The van der Waals surface area contributed by atoms with E-state index in [9.17, 15) is 24.9 Å². The summed E-state index contributed by atoms with van der Waals surface area (Å²) in [6.07, 6.45) is 6.41. The first kappa shape index (κ1) is 43.5. The number of para-hydroxylation sites is 1. The van der Waals surface area contributed by atoms with Crippen molar-refractivity contribution in [2.24, 2.45) is 11.3 Å². The molecule has 0 radical (unpaired) electrons. The number of aliphatic hydroxyl groups is 3. The maximum Gasteiger partial charge on any atom is 0.322 e. The zero-order chi connectivity index (χ0) is 44.2. The number of likely N-dealkylation sites (N-methyl/N-ethyl adjacent to an activating group) is 1. The second-order valence-corrected chi connectivity index (χ2v) is 24.4. The maximum atomic E-state index is 15.4. The molecule has 6 N–H and O–H groups in total. The summed E-state index contributed by atoms with van der Waals surface area (Å²) in [5, 5.41) is 42.2. The summed E-state index contributed by atoms with van der Waals surface area (Å²) in [6.45, 7) is 11.4. The molecule has 1 aromatic heterocycles. The average molecular weight is 870 g/mol. The number of carbonyl (C=O) groups is 2. The van der Waals surface area contributed by atoms with Crippen LogP contribution in [-0.4, -0.2) is 145 Å². The number of benzene rings is 2. The minimum atomic E-state index is -2.38. The Morgan fingerprint density at radius 1 is 1.03 bits per heavy atom. The molecule has 10 atom stereocenters. The van der Waals surface area contributed by atoms with E-state index in [1.54, 1.807) is 7.11 Å². The highest BCUT2D eigenvalue weighted by Crippen LogP contribution is 2.67. The lowest BCUT2D eigenvalue weighted by Gasteiger charge is -2.63. The molecule has 1 spiro atoms. The van der Waals surface area contributed by atoms with Crippen molar-refractivity contribution in [2.45, 2.75) is 118 Å². The van der Waals surface area contributed by atoms with Crippen molar-refractivity contribution in [3.8, 4) is 5.75 Å². The van der Waals surface area contributed by atoms with E-state index in [0.29, 0.717) is 95.0 Å². The molecule has 1 amide bonds. The van der Waals surface area contributed by atoms with Crippen molar-refractivity contribution in [2.75, 3.05) is 65.4 Å². The Balaban J connectivity index is 1.29. The summed E-state index contributed by atoms with van der Waals surface area (Å²) in [6, 6.07) is 11.7. The van der Waals surface area contributed by atoms with Crippen LogP contribution in [0.2, 0.25) is 19.1 Å². The highest BCUT2D eigenvalue weighted by molar-refractivity contribution is 6.69. The van der Waals surface area contributed by atoms with Crippen molar-refractivity contribution in [1.29, 1.82) is 0 Å². The Labute approximate surface area is 366 Å². The number of hydrogen-bond acceptors (Lipinski definition) is 11. The molecule has 2 bridgehead atoms. The van der Waals surface area contributed by atoms with Gasteiger partial charge >= 0.3 is 5.97 Å². The number of H-pyrrole nitrogens is 1. The molecule has 2 aromatic carbocycles. The predicted molar refractivity (Wildman–Crippen MR) is 241 cm³/mol. The number of esters is 1. The van der Waals surface area contributed by atoms with Crippen molar-refractivity contribution in [3.63, 3.8) is 0 Å². The monoisotopic (exact) mass is 869 g/mol. The fraction of sp³-hybridized carbons (Fsp3) is 0.625. The molecule has 1 saturated carbocycles. The number of hydrogen-bond donors (Lipinski definition) is 6. The molecule has 9 rings (SSSR count). The number of piperidine rings is 1. The van der Waals surface area contributed by atoms with Gasteiger partial charge in [0.2, 0.25) is 0 Å². The Hall–Kier alpha value is -3.76. The predicted octanol–water partition coefficient (Wildman–Crippen LogP) is 3.95. The smallest absolute Gasteiger partial charge is 0.322 e. The van der Waals surface area contributed by atoms with E-state index in [4.69, 9.17) is 9.47 Å². The first-order chi connectivity index (χ1) is 29.5. The maximum absolute atomic E-state index is 15.4. The van der Waals surface area contributed by atoms with Gasteiger partial charge in [-0.1, -0.05) is 44.2 Å². The first-order valence-electron chi connectivity index (χ1n) is 22.9. The zero-order valence-electron chi connectivity index (χ0n) is 37.6. The van der Waals surface area contributed by atoms with Gasteiger partial charge in [0.25, 0.3) is 5.91 Å². The number of ether oxygens (including phenoxy) is 2. The zero-order valence-corrected chi connectivity index (χ0v) is 38.6. The molecule has 14 heteroatoms. The van der Waals surface area contributed by atoms with E-state index in [1.165, 1.54) is 7.11 Å². The lowest BCUT2D eigenvalue weighted by atomic mass is 9.47. The molecule has 5 aliphatic heterocycles. The lowest BCUT2D eigenvalue weighted by molar-refractivity contribution is -0.203. The van der Waals surface area contributed by atoms with Gasteiger partial charge in [0.05, 0.1) is 25.9 Å². The van der Waals surface area contributed by atoms with Crippen LogP contribution in [0.4, 0.5) is 5.69 Å². The third-order valence-electron chi connectivity index (χ3n) is 16.5. The molecule has 2 unspecified atom stereocenters. The summed E-state index contributed by atoms with van der Waals surface area (Å²) < 4.78 is 12.4. The van der Waals surface area contributed by atoms with Crippen LogP contribution < -0.4 is 15.0 Å². The van der Waals surface area contributed by atoms with Gasteiger partial charge in [0, 0.05) is 90.6 Å². The number of aromatic nitrogens is 1. The number of amides is 1. The van der Waals surface area contributed by atoms with Crippen LogP contribution in [0, 0.1) is 11.3 Å². The lowest BCUT2D eigenvalue weighted by Crippen LogP contribution is -2.81. The quantitative estimate of drug-likeness (QED) is 0.0756. The molecule has 2 saturated heterocycles. The second kappa shape index (κ2) is 15.2. The number of nitrogens with zero attached hydrogens (tertiary/aromatic N) is 3. The molecule has 6 aliphatic rings. The molecule has 62 heavy (non-hydrogen) atoms. The van der Waals surface area contributed by atoms with Gasteiger partial charge in [-0.05, 0) is 99.8 Å². The second-order valence-electron chi connectivity index (χ2n) is 20.3. The minimum absolute atomic E-state index is 0.0902. The third-order valence-corrected chi connectivity index (χ3v) is 18.0. The van der Waals surface area contributed by atoms with E-state index < -0.39 is 59.8 Å². The summed E-state index contributed by atoms with van der Waals surface area (Å²) in [5.41, 5.74) is -1.42. The minimum Gasteiger partial charge on any atom is -0.496 e. The molecular formula is C48H67N5O8Si. The average Bonchev–Trinajstić information content (AvgIpc) is 3.91. The number of carbonyl (C=O) groups excluding carboxylic acids is 2. The Morgan fingerprint density at radius 3 is 2.52 bits per heavy atom. The molecule has 6 heterocycles. The molecule has 13 nitrogen and oxygen atoms in total. The van der Waals surface area contributed by atoms with Crippen molar-refractivity contribution >= 4 is 36.8 Å². The number of fused-ring (bicyclic) bond motifs is 6. The van der Waals surface area contributed by atoms with Crippen LogP contribution in [0.25, 0.3) is 10.9 Å². The number of rotatable bonds is 10. The van der Waals surface area contributed by atoms with E-state index in [2.05, 4.69) is 44.4 Å². The van der Waals surface area contributed by atoms with Gasteiger partial charge in [-0.2, -0.15) is 0 Å². The van der Waals surface area contributed by atoms with Gasteiger partial charge < -0.3 is 44.8 Å². The van der Waals surface area contributed by atoms with Crippen LogP contribution in [0.3, 0.4) is 0 Å². The summed E-state index contributed by atoms with van der Waals surface area (Å²) >= 11 is 0. The van der Waals surface area contributed by atoms with Crippen LogP contribution in [0.15, 0.2) is 48.6 Å². The van der Waals surface area contributed by atoms with Crippen LogP contribution in [0.1, 0.15) is 74.8 Å². The molecule has 3 fully saturated rings. The van der Waals surface area contributed by atoms with Gasteiger partial charge in [0.15, 0.2) is 13.9 Å². The normalized spacial score (nSPS) is 36.2. The number of aliphatic hydroxyl groups excluding tert-OH is 1. The highest BCUT2D eigenvalue weighted by Gasteiger charge is 2.78. The molecular weight excluding hydrogens is 803 g/mol. The summed E-state index contributed by atoms with van der Waals surface area (Å²) in [7, 11) is 2.58. The van der Waals surface area contributed by atoms with Crippen LogP contribution >= 0.6 is 0 Å². The Kier molecular flexibility index (Phi) is 10.6. The van der Waals surface area contributed by atoms with Crippen LogP contribution in [0.5, 0.6) is 5.75 Å². The Morgan fingerprint density at radius 2 is 1.81 bits per heavy atom. The standard InChI is InChI=1S/C48H67N5O8Si/c1-8-44(57)26-30-27-47(43(56)61-5,38-32(16-21-52(28-30)29-44)31-14-10-11-15-35(31)50-38)34-24-33-36(25-37(34)60-4)51(3)40-46(33)18-22-53-20-12-17-45(9-2,39(46)53)41(54)48(40,58)42(55)49-19-13-23-62(6,7)59/h10-12,14-15,17,24-25,30,39-41,50,54,57-59H,8-9,13,16,18-23,26-29H2,1-7H3,(H,49,55)/t30-,39?,40-,41-,44+,45-,46-,47+,48+/m0/s1. The van der Waals surface area contributed by atoms with Gasteiger partial charge in [-0.15, -0.1) is 0 Å². The Bertz CT molecular complexity index is 2300. The van der Waals surface area contributed by atoms with Crippen molar-refractivity contribution in [3.05, 3.63) is 70.9 Å².